The third-order valence-electron chi connectivity index (χ3n) is 5.30. The predicted octanol–water partition coefficient (Wildman–Crippen LogP) is 4.65. The summed E-state index contributed by atoms with van der Waals surface area (Å²) in [7, 11) is 3.44. The normalized spacial score (nSPS) is 10.9. The molecule has 0 saturated carbocycles. The molecular formula is C25H26N4O3S. The maximum absolute atomic E-state index is 12.8. The zero-order valence-corrected chi connectivity index (χ0v) is 19.7. The largest absolute Gasteiger partial charge is 0.497 e. The zero-order valence-electron chi connectivity index (χ0n) is 18.9. The molecule has 0 bridgehead atoms. The van der Waals surface area contributed by atoms with Crippen molar-refractivity contribution in [2.24, 2.45) is 0 Å². The van der Waals surface area contributed by atoms with Crippen LogP contribution in [0.4, 0.5) is 0 Å². The third kappa shape index (κ3) is 5.46. The molecule has 0 unspecified atom stereocenters. The first-order valence-electron chi connectivity index (χ1n) is 10.6. The highest BCUT2D eigenvalue weighted by molar-refractivity contribution is 7.99. The van der Waals surface area contributed by atoms with Crippen LogP contribution in [0.5, 0.6) is 5.75 Å². The van der Waals surface area contributed by atoms with Crippen LogP contribution in [0.15, 0.2) is 76.5 Å². The average Bonchev–Trinajstić information content (AvgIpc) is 3.43. The van der Waals surface area contributed by atoms with Crippen molar-refractivity contribution in [2.75, 3.05) is 19.9 Å². The first-order chi connectivity index (χ1) is 16.0. The summed E-state index contributed by atoms with van der Waals surface area (Å²) in [6, 6.07) is 19.8. The summed E-state index contributed by atoms with van der Waals surface area (Å²) >= 11 is 1.39. The number of carbonyl (C=O) groups excluding carboxylic acids is 1. The van der Waals surface area contributed by atoms with E-state index in [9.17, 15) is 4.79 Å². The Morgan fingerprint density at radius 1 is 1.09 bits per heavy atom. The van der Waals surface area contributed by atoms with Crippen LogP contribution >= 0.6 is 11.8 Å². The van der Waals surface area contributed by atoms with Crippen LogP contribution in [0.25, 0.3) is 11.4 Å². The van der Waals surface area contributed by atoms with Crippen LogP contribution in [-0.4, -0.2) is 45.5 Å². The minimum Gasteiger partial charge on any atom is -0.497 e. The molecular weight excluding hydrogens is 436 g/mol. The Morgan fingerprint density at radius 2 is 1.88 bits per heavy atom. The number of ether oxygens (including phenoxy) is 1. The van der Waals surface area contributed by atoms with Crippen molar-refractivity contribution in [3.63, 3.8) is 0 Å². The van der Waals surface area contributed by atoms with Crippen molar-refractivity contribution in [1.82, 2.24) is 19.7 Å². The van der Waals surface area contributed by atoms with Gasteiger partial charge in [-0.15, -0.1) is 10.2 Å². The standard InChI is InChI=1S/C25H26N4O3S/c1-18-22(12-13-32-18)24-26-27-25(29(24)16-19-8-5-4-6-9-19)33-17-23(30)28(2)15-20-10-7-11-21(14-20)31-3/h4-14H,15-17H2,1-3H3. The summed E-state index contributed by atoms with van der Waals surface area (Å²) < 4.78 is 12.8. The van der Waals surface area contributed by atoms with Crippen molar-refractivity contribution in [1.29, 1.82) is 0 Å². The number of aryl methyl sites for hydroxylation is 1. The fraction of sp³-hybridized carbons (Fsp3) is 0.240. The van der Waals surface area contributed by atoms with Crippen LogP contribution in [-0.2, 0) is 17.9 Å². The van der Waals surface area contributed by atoms with E-state index >= 15 is 0 Å². The fourth-order valence-corrected chi connectivity index (χ4v) is 4.37. The van der Waals surface area contributed by atoms with Crippen LogP contribution in [0.3, 0.4) is 0 Å². The minimum atomic E-state index is 0.0122. The van der Waals surface area contributed by atoms with Gasteiger partial charge in [0, 0.05) is 13.6 Å². The summed E-state index contributed by atoms with van der Waals surface area (Å²) in [4.78, 5) is 14.5. The van der Waals surface area contributed by atoms with E-state index in [1.54, 1.807) is 25.3 Å². The number of hydrogen-bond donors (Lipinski definition) is 0. The molecule has 0 fully saturated rings. The number of furan rings is 1. The van der Waals surface area contributed by atoms with Crippen molar-refractivity contribution in [2.45, 2.75) is 25.2 Å². The van der Waals surface area contributed by atoms with Gasteiger partial charge in [-0.25, -0.2) is 0 Å². The Morgan fingerprint density at radius 3 is 2.61 bits per heavy atom. The van der Waals surface area contributed by atoms with Crippen molar-refractivity contribution < 1.29 is 13.9 Å². The van der Waals surface area contributed by atoms with E-state index in [2.05, 4.69) is 22.3 Å². The number of thioether (sulfide) groups is 1. The van der Waals surface area contributed by atoms with E-state index in [1.807, 2.05) is 60.0 Å². The number of rotatable bonds is 9. The third-order valence-corrected chi connectivity index (χ3v) is 6.26. The maximum Gasteiger partial charge on any atom is 0.233 e. The lowest BCUT2D eigenvalue weighted by atomic mass is 10.2. The van der Waals surface area contributed by atoms with Crippen LogP contribution in [0.1, 0.15) is 16.9 Å². The highest BCUT2D eigenvalue weighted by Crippen LogP contribution is 2.28. The Balaban J connectivity index is 1.49. The van der Waals surface area contributed by atoms with E-state index in [0.717, 1.165) is 34.0 Å². The van der Waals surface area contributed by atoms with E-state index < -0.39 is 0 Å². The molecule has 33 heavy (non-hydrogen) atoms. The number of methoxy groups -OCH3 is 1. The van der Waals surface area contributed by atoms with Crippen LogP contribution in [0.2, 0.25) is 0 Å². The van der Waals surface area contributed by atoms with Crippen LogP contribution < -0.4 is 4.74 Å². The molecule has 0 N–H and O–H groups in total. The van der Waals surface area contributed by atoms with Gasteiger partial charge in [0.2, 0.25) is 5.91 Å². The highest BCUT2D eigenvalue weighted by atomic mass is 32.2. The van der Waals surface area contributed by atoms with E-state index in [0.29, 0.717) is 18.2 Å². The molecule has 0 aliphatic carbocycles. The number of nitrogens with zero attached hydrogens (tertiary/aromatic N) is 4. The number of carbonyl (C=O) groups is 1. The lowest BCUT2D eigenvalue weighted by Gasteiger charge is -2.17. The molecule has 7 nitrogen and oxygen atoms in total. The Bertz CT molecular complexity index is 1220. The summed E-state index contributed by atoms with van der Waals surface area (Å²) in [6.07, 6.45) is 1.65. The first kappa shape index (κ1) is 22.7. The molecule has 0 aliphatic rings. The van der Waals surface area contributed by atoms with Gasteiger partial charge in [-0.2, -0.15) is 0 Å². The molecule has 0 spiro atoms. The maximum atomic E-state index is 12.8. The van der Waals surface area contributed by atoms with E-state index in [-0.39, 0.29) is 11.7 Å². The second kappa shape index (κ2) is 10.4. The molecule has 170 valence electrons. The molecule has 0 radical (unpaired) electrons. The molecule has 8 heteroatoms. The molecule has 2 aromatic carbocycles. The lowest BCUT2D eigenvalue weighted by molar-refractivity contribution is -0.127. The lowest BCUT2D eigenvalue weighted by Crippen LogP contribution is -2.28. The van der Waals surface area contributed by atoms with Gasteiger partial charge < -0.3 is 14.1 Å². The Kier molecular flexibility index (Phi) is 7.14. The number of benzene rings is 2. The second-order valence-corrected chi connectivity index (χ2v) is 8.60. The molecule has 0 aliphatic heterocycles. The number of amides is 1. The van der Waals surface area contributed by atoms with Crippen molar-refractivity contribution in [3.05, 3.63) is 83.8 Å². The number of hydrogen-bond acceptors (Lipinski definition) is 6. The highest BCUT2D eigenvalue weighted by Gasteiger charge is 2.19. The molecule has 1 amide bonds. The Labute approximate surface area is 197 Å². The van der Waals surface area contributed by atoms with Gasteiger partial charge in [0.15, 0.2) is 11.0 Å². The van der Waals surface area contributed by atoms with Gasteiger partial charge in [0.05, 0.1) is 31.2 Å². The second-order valence-electron chi connectivity index (χ2n) is 7.66. The molecule has 2 aromatic heterocycles. The van der Waals surface area contributed by atoms with Crippen molar-refractivity contribution in [3.8, 4) is 17.1 Å². The summed E-state index contributed by atoms with van der Waals surface area (Å²) in [5.41, 5.74) is 3.04. The molecule has 2 heterocycles. The van der Waals surface area contributed by atoms with Gasteiger partial charge >= 0.3 is 0 Å². The SMILES string of the molecule is COc1cccc(CN(C)C(=O)CSc2nnc(-c3ccoc3C)n2Cc2ccccc2)c1. The van der Waals surface area contributed by atoms with Gasteiger partial charge in [0.1, 0.15) is 11.5 Å². The van der Waals surface area contributed by atoms with Gasteiger partial charge in [-0.05, 0) is 36.2 Å². The number of aromatic nitrogens is 3. The molecule has 0 saturated heterocycles. The predicted molar refractivity (Wildman–Crippen MR) is 128 cm³/mol. The van der Waals surface area contributed by atoms with Gasteiger partial charge in [0.25, 0.3) is 0 Å². The summed E-state index contributed by atoms with van der Waals surface area (Å²) in [5.74, 6) is 2.56. The smallest absolute Gasteiger partial charge is 0.233 e. The van der Waals surface area contributed by atoms with Gasteiger partial charge in [-0.3, -0.25) is 9.36 Å². The fourth-order valence-electron chi connectivity index (χ4n) is 3.49. The summed E-state index contributed by atoms with van der Waals surface area (Å²) in [5, 5.41) is 9.51. The van der Waals surface area contributed by atoms with Crippen molar-refractivity contribution >= 4 is 17.7 Å². The van der Waals surface area contributed by atoms with Crippen LogP contribution in [0, 0.1) is 6.92 Å². The molecule has 4 aromatic rings. The monoisotopic (exact) mass is 462 g/mol. The van der Waals surface area contributed by atoms with E-state index in [1.165, 1.54) is 11.8 Å². The van der Waals surface area contributed by atoms with E-state index in [4.69, 9.17) is 9.15 Å². The summed E-state index contributed by atoms with van der Waals surface area (Å²) in [6.45, 7) is 3.01. The Hall–Kier alpha value is -3.52. The first-order valence-corrected chi connectivity index (χ1v) is 11.5. The average molecular weight is 463 g/mol. The zero-order chi connectivity index (χ0) is 23.2. The quantitative estimate of drug-likeness (QED) is 0.337. The molecule has 4 rings (SSSR count). The van der Waals surface area contributed by atoms with Gasteiger partial charge in [-0.1, -0.05) is 54.2 Å². The minimum absolute atomic E-state index is 0.0122. The topological polar surface area (TPSA) is 73.4 Å². The molecule has 0 atom stereocenters.